The van der Waals surface area contributed by atoms with Gasteiger partial charge in [-0.1, -0.05) is 13.8 Å². The van der Waals surface area contributed by atoms with Gasteiger partial charge in [0.1, 0.15) is 6.10 Å². The zero-order chi connectivity index (χ0) is 11.3. The summed E-state index contributed by atoms with van der Waals surface area (Å²) in [5.41, 5.74) is 0. The number of ether oxygens (including phenoxy) is 2. The second-order valence-electron chi connectivity index (χ2n) is 4.27. The Kier molecular flexibility index (Phi) is 4.59. The maximum Gasteiger partial charge on any atom is 0.306 e. The molecule has 1 rings (SSSR count). The molecule has 1 saturated heterocycles. The molecule has 0 spiro atoms. The molecule has 15 heavy (non-hydrogen) atoms. The van der Waals surface area contributed by atoms with Gasteiger partial charge in [-0.3, -0.25) is 9.59 Å². The van der Waals surface area contributed by atoms with E-state index in [2.05, 4.69) is 0 Å². The highest BCUT2D eigenvalue weighted by molar-refractivity contribution is 5.72. The van der Waals surface area contributed by atoms with Gasteiger partial charge in [-0.05, 0) is 18.8 Å². The minimum Gasteiger partial charge on any atom is -0.465 e. The second-order valence-corrected chi connectivity index (χ2v) is 4.27. The smallest absolute Gasteiger partial charge is 0.306 e. The first kappa shape index (κ1) is 12.0. The average molecular weight is 214 g/mol. The van der Waals surface area contributed by atoms with Crippen molar-refractivity contribution in [3.8, 4) is 0 Å². The highest BCUT2D eigenvalue weighted by Gasteiger charge is 2.23. The van der Waals surface area contributed by atoms with E-state index >= 15 is 0 Å². The zero-order valence-corrected chi connectivity index (χ0v) is 9.32. The lowest BCUT2D eigenvalue weighted by atomic mass is 10.1. The molecule has 1 aliphatic rings. The van der Waals surface area contributed by atoms with Gasteiger partial charge in [0.25, 0.3) is 0 Å². The number of cyclic esters (lactones) is 1. The Hall–Kier alpha value is -1.06. The molecule has 1 heterocycles. The van der Waals surface area contributed by atoms with Gasteiger partial charge in [-0.25, -0.2) is 0 Å². The fraction of sp³-hybridized carbons (Fsp3) is 0.818. The van der Waals surface area contributed by atoms with E-state index in [0.29, 0.717) is 31.8 Å². The molecule has 0 amide bonds. The summed E-state index contributed by atoms with van der Waals surface area (Å²) in [6.45, 7) is 4.45. The summed E-state index contributed by atoms with van der Waals surface area (Å²) in [4.78, 5) is 22.0. The van der Waals surface area contributed by atoms with Crippen LogP contribution in [0.1, 0.15) is 39.5 Å². The van der Waals surface area contributed by atoms with Crippen LogP contribution in [-0.4, -0.2) is 24.6 Å². The first-order chi connectivity index (χ1) is 7.08. The maximum absolute atomic E-state index is 11.2. The van der Waals surface area contributed by atoms with E-state index < -0.39 is 0 Å². The molecule has 0 bridgehead atoms. The summed E-state index contributed by atoms with van der Waals surface area (Å²) in [5, 5.41) is 0. The molecule has 1 atom stereocenters. The van der Waals surface area contributed by atoms with E-state index in [1.807, 2.05) is 13.8 Å². The van der Waals surface area contributed by atoms with Crippen molar-refractivity contribution in [1.29, 1.82) is 0 Å². The molecule has 0 saturated carbocycles. The summed E-state index contributed by atoms with van der Waals surface area (Å²) < 4.78 is 10.0. The predicted octanol–water partition coefficient (Wildman–Crippen LogP) is 1.67. The van der Waals surface area contributed by atoms with Crippen molar-refractivity contribution in [1.82, 2.24) is 0 Å². The third-order valence-electron chi connectivity index (χ3n) is 2.22. The third kappa shape index (κ3) is 4.81. The van der Waals surface area contributed by atoms with Gasteiger partial charge in [0.15, 0.2) is 0 Å². The predicted molar refractivity (Wildman–Crippen MR) is 54.1 cm³/mol. The Labute approximate surface area is 89.9 Å². The molecule has 0 aromatic rings. The second kappa shape index (κ2) is 5.73. The van der Waals surface area contributed by atoms with Crippen LogP contribution >= 0.6 is 0 Å². The minimum atomic E-state index is -0.202. The van der Waals surface area contributed by atoms with Crippen molar-refractivity contribution in [2.24, 2.45) is 5.92 Å². The van der Waals surface area contributed by atoms with E-state index in [1.165, 1.54) is 0 Å². The fourth-order valence-electron chi connectivity index (χ4n) is 1.40. The molecule has 4 nitrogen and oxygen atoms in total. The lowest BCUT2D eigenvalue weighted by Crippen LogP contribution is -2.13. The zero-order valence-electron chi connectivity index (χ0n) is 9.32. The van der Waals surface area contributed by atoms with Crippen LogP contribution in [0, 0.1) is 5.92 Å². The molecule has 0 aliphatic carbocycles. The van der Waals surface area contributed by atoms with Crippen molar-refractivity contribution in [3.63, 3.8) is 0 Å². The highest BCUT2D eigenvalue weighted by Crippen LogP contribution is 2.18. The first-order valence-electron chi connectivity index (χ1n) is 5.43. The largest absolute Gasteiger partial charge is 0.465 e. The van der Waals surface area contributed by atoms with Gasteiger partial charge >= 0.3 is 11.9 Å². The minimum absolute atomic E-state index is 0.0795. The first-order valence-corrected chi connectivity index (χ1v) is 5.43. The van der Waals surface area contributed by atoms with Crippen molar-refractivity contribution < 1.29 is 19.1 Å². The van der Waals surface area contributed by atoms with Crippen LogP contribution in [0.25, 0.3) is 0 Å². The van der Waals surface area contributed by atoms with Gasteiger partial charge in [0, 0.05) is 12.8 Å². The normalized spacial score (nSPS) is 20.5. The van der Waals surface area contributed by atoms with Crippen molar-refractivity contribution in [2.75, 3.05) is 6.61 Å². The SMILES string of the molecule is CC(C)COC(=O)CCC1CCC(=O)O1. The van der Waals surface area contributed by atoms with Crippen molar-refractivity contribution in [3.05, 3.63) is 0 Å². The summed E-state index contributed by atoms with van der Waals surface area (Å²) in [5.74, 6) is 0.000421. The van der Waals surface area contributed by atoms with Crippen LogP contribution in [0.15, 0.2) is 0 Å². The van der Waals surface area contributed by atoms with E-state index in [0.717, 1.165) is 6.42 Å². The summed E-state index contributed by atoms with van der Waals surface area (Å²) >= 11 is 0. The molecular formula is C11H18O4. The fourth-order valence-corrected chi connectivity index (χ4v) is 1.40. The van der Waals surface area contributed by atoms with E-state index in [-0.39, 0.29) is 18.0 Å². The average Bonchev–Trinajstić information content (AvgIpc) is 2.58. The Morgan fingerprint density at radius 3 is 2.87 bits per heavy atom. The van der Waals surface area contributed by atoms with Crippen molar-refractivity contribution >= 4 is 11.9 Å². The number of hydrogen-bond donors (Lipinski definition) is 0. The molecule has 0 radical (unpaired) electrons. The van der Waals surface area contributed by atoms with E-state index in [1.54, 1.807) is 0 Å². The summed E-state index contributed by atoms with van der Waals surface area (Å²) in [6.07, 6.45) is 2.05. The molecule has 1 aliphatic heterocycles. The standard InChI is InChI=1S/C11H18O4/c1-8(2)7-14-10(12)5-3-9-4-6-11(13)15-9/h8-9H,3-7H2,1-2H3. The molecule has 4 heteroatoms. The molecular weight excluding hydrogens is 196 g/mol. The highest BCUT2D eigenvalue weighted by atomic mass is 16.6. The summed E-state index contributed by atoms with van der Waals surface area (Å²) in [7, 11) is 0. The van der Waals surface area contributed by atoms with Crippen LogP contribution in [0.4, 0.5) is 0 Å². The topological polar surface area (TPSA) is 52.6 Å². The van der Waals surface area contributed by atoms with Crippen molar-refractivity contribution in [2.45, 2.75) is 45.6 Å². The Balaban J connectivity index is 2.09. The van der Waals surface area contributed by atoms with Crippen LogP contribution in [0.2, 0.25) is 0 Å². The lowest BCUT2D eigenvalue weighted by molar-refractivity contribution is -0.147. The molecule has 1 unspecified atom stereocenters. The molecule has 86 valence electrons. The monoisotopic (exact) mass is 214 g/mol. The maximum atomic E-state index is 11.2. The Morgan fingerprint density at radius 1 is 1.60 bits per heavy atom. The quantitative estimate of drug-likeness (QED) is 0.653. The number of carbonyl (C=O) groups is 2. The number of rotatable bonds is 5. The van der Waals surface area contributed by atoms with Crippen LogP contribution < -0.4 is 0 Å². The van der Waals surface area contributed by atoms with Gasteiger partial charge in [-0.15, -0.1) is 0 Å². The molecule has 0 aromatic heterocycles. The number of hydrogen-bond acceptors (Lipinski definition) is 4. The van der Waals surface area contributed by atoms with Crippen LogP contribution in [-0.2, 0) is 19.1 Å². The molecule has 0 aromatic carbocycles. The van der Waals surface area contributed by atoms with E-state index in [4.69, 9.17) is 9.47 Å². The van der Waals surface area contributed by atoms with Gasteiger partial charge in [0.2, 0.25) is 0 Å². The Morgan fingerprint density at radius 2 is 2.33 bits per heavy atom. The van der Waals surface area contributed by atoms with Crippen LogP contribution in [0.5, 0.6) is 0 Å². The number of esters is 2. The van der Waals surface area contributed by atoms with E-state index in [9.17, 15) is 9.59 Å². The third-order valence-corrected chi connectivity index (χ3v) is 2.22. The Bertz CT molecular complexity index is 235. The molecule has 1 fully saturated rings. The number of carbonyl (C=O) groups excluding carboxylic acids is 2. The van der Waals surface area contributed by atoms with Gasteiger partial charge in [0.05, 0.1) is 6.61 Å². The summed E-state index contributed by atoms with van der Waals surface area (Å²) in [6, 6.07) is 0. The van der Waals surface area contributed by atoms with Gasteiger partial charge < -0.3 is 9.47 Å². The van der Waals surface area contributed by atoms with Gasteiger partial charge in [-0.2, -0.15) is 0 Å². The van der Waals surface area contributed by atoms with Crippen LogP contribution in [0.3, 0.4) is 0 Å². The molecule has 0 N–H and O–H groups in total. The lowest BCUT2D eigenvalue weighted by Gasteiger charge is -2.09.